The first kappa shape index (κ1) is 18.7. The van der Waals surface area contributed by atoms with E-state index in [1.807, 2.05) is 12.1 Å². The molecule has 0 radical (unpaired) electrons. The molecule has 1 aromatic heterocycles. The summed E-state index contributed by atoms with van der Waals surface area (Å²) in [6, 6.07) is 12.4. The van der Waals surface area contributed by atoms with Gasteiger partial charge in [0.2, 0.25) is 6.79 Å². The van der Waals surface area contributed by atoms with E-state index in [-0.39, 0.29) is 0 Å². The van der Waals surface area contributed by atoms with Gasteiger partial charge in [-0.1, -0.05) is 13.0 Å². The standard InChI is InChI=1S/C23H28N2O3/c1-15(10-17-4-7-22-23(11-17)28-14-27-22)13-24-9-8-19-16(2)25-21-6-5-18(26-3)12-20(19)21/h4-7,11-12,15,24-25H,8-10,13-14H2,1-3H3/t15-/m0/s1. The monoisotopic (exact) mass is 380 g/mol. The van der Waals surface area contributed by atoms with Crippen LogP contribution in [-0.2, 0) is 12.8 Å². The second kappa shape index (κ2) is 8.15. The Hall–Kier alpha value is -2.66. The van der Waals surface area contributed by atoms with Gasteiger partial charge in [0.15, 0.2) is 11.5 Å². The fourth-order valence-corrected chi connectivity index (χ4v) is 3.91. The number of methoxy groups -OCH3 is 1. The fraction of sp³-hybridized carbons (Fsp3) is 0.391. The molecule has 148 valence electrons. The van der Waals surface area contributed by atoms with Crippen LogP contribution in [0.15, 0.2) is 36.4 Å². The second-order valence-electron chi connectivity index (χ2n) is 7.59. The first-order chi connectivity index (χ1) is 13.6. The van der Waals surface area contributed by atoms with Gasteiger partial charge in [-0.2, -0.15) is 0 Å². The molecule has 3 aromatic rings. The quantitative estimate of drug-likeness (QED) is 0.575. The molecule has 0 unspecified atom stereocenters. The molecule has 0 aliphatic carbocycles. The summed E-state index contributed by atoms with van der Waals surface area (Å²) in [5.74, 6) is 3.16. The zero-order valence-corrected chi connectivity index (χ0v) is 16.8. The van der Waals surface area contributed by atoms with Crippen molar-refractivity contribution in [3.8, 4) is 17.2 Å². The van der Waals surface area contributed by atoms with E-state index in [2.05, 4.69) is 48.4 Å². The van der Waals surface area contributed by atoms with Crippen LogP contribution >= 0.6 is 0 Å². The van der Waals surface area contributed by atoms with E-state index in [0.717, 1.165) is 43.2 Å². The van der Waals surface area contributed by atoms with Gasteiger partial charge in [-0.25, -0.2) is 0 Å². The van der Waals surface area contributed by atoms with E-state index in [4.69, 9.17) is 14.2 Å². The molecule has 4 rings (SSSR count). The van der Waals surface area contributed by atoms with Gasteiger partial charge in [0, 0.05) is 16.6 Å². The minimum absolute atomic E-state index is 0.328. The van der Waals surface area contributed by atoms with Crippen LogP contribution in [0.1, 0.15) is 23.7 Å². The molecule has 1 atom stereocenters. The molecule has 1 aliphatic heterocycles. The summed E-state index contributed by atoms with van der Waals surface area (Å²) in [5, 5.41) is 4.87. The fourth-order valence-electron chi connectivity index (χ4n) is 3.91. The van der Waals surface area contributed by atoms with E-state index < -0.39 is 0 Å². The molecule has 5 heteroatoms. The molecule has 0 saturated carbocycles. The molecule has 2 heterocycles. The molecule has 28 heavy (non-hydrogen) atoms. The Bertz CT molecular complexity index is 964. The van der Waals surface area contributed by atoms with Gasteiger partial charge in [0.05, 0.1) is 7.11 Å². The number of fused-ring (bicyclic) bond motifs is 2. The number of benzene rings is 2. The summed E-state index contributed by atoms with van der Waals surface area (Å²) in [5.41, 5.74) is 5.06. The van der Waals surface area contributed by atoms with E-state index in [0.29, 0.717) is 12.7 Å². The summed E-state index contributed by atoms with van der Waals surface area (Å²) < 4.78 is 16.2. The number of rotatable bonds is 8. The molecule has 0 spiro atoms. The minimum atomic E-state index is 0.328. The number of aromatic nitrogens is 1. The zero-order chi connectivity index (χ0) is 19.5. The predicted molar refractivity (Wildman–Crippen MR) is 112 cm³/mol. The third-order valence-electron chi connectivity index (χ3n) is 5.39. The van der Waals surface area contributed by atoms with Crippen molar-refractivity contribution in [2.75, 3.05) is 27.0 Å². The summed E-state index contributed by atoms with van der Waals surface area (Å²) in [6.45, 7) is 6.69. The number of ether oxygens (including phenoxy) is 3. The van der Waals surface area contributed by atoms with Gasteiger partial charge in [-0.15, -0.1) is 0 Å². The third-order valence-corrected chi connectivity index (χ3v) is 5.39. The van der Waals surface area contributed by atoms with Crippen molar-refractivity contribution in [1.82, 2.24) is 10.3 Å². The lowest BCUT2D eigenvalue weighted by Crippen LogP contribution is -2.24. The highest BCUT2D eigenvalue weighted by Crippen LogP contribution is 2.33. The van der Waals surface area contributed by atoms with Crippen molar-refractivity contribution in [3.63, 3.8) is 0 Å². The lowest BCUT2D eigenvalue weighted by Gasteiger charge is -2.13. The van der Waals surface area contributed by atoms with Crippen molar-refractivity contribution in [1.29, 1.82) is 0 Å². The lowest BCUT2D eigenvalue weighted by atomic mass is 10.0. The van der Waals surface area contributed by atoms with Crippen LogP contribution in [0.2, 0.25) is 0 Å². The largest absolute Gasteiger partial charge is 0.497 e. The number of H-pyrrole nitrogens is 1. The highest BCUT2D eigenvalue weighted by Gasteiger charge is 2.14. The summed E-state index contributed by atoms with van der Waals surface area (Å²) in [6.07, 6.45) is 2.02. The van der Waals surface area contributed by atoms with Crippen LogP contribution in [0.4, 0.5) is 0 Å². The van der Waals surface area contributed by atoms with Gasteiger partial charge in [-0.3, -0.25) is 0 Å². The van der Waals surface area contributed by atoms with Crippen molar-refractivity contribution in [3.05, 3.63) is 53.2 Å². The van der Waals surface area contributed by atoms with Crippen molar-refractivity contribution in [2.45, 2.75) is 26.7 Å². The first-order valence-electron chi connectivity index (χ1n) is 9.88. The lowest BCUT2D eigenvalue weighted by molar-refractivity contribution is 0.174. The Morgan fingerprint density at radius 1 is 1.14 bits per heavy atom. The molecule has 2 N–H and O–H groups in total. The van der Waals surface area contributed by atoms with E-state index in [1.54, 1.807) is 7.11 Å². The van der Waals surface area contributed by atoms with E-state index >= 15 is 0 Å². The second-order valence-corrected chi connectivity index (χ2v) is 7.59. The van der Waals surface area contributed by atoms with Crippen LogP contribution in [0.5, 0.6) is 17.2 Å². The Morgan fingerprint density at radius 3 is 2.86 bits per heavy atom. The summed E-state index contributed by atoms with van der Waals surface area (Å²) >= 11 is 0. The van der Waals surface area contributed by atoms with E-state index in [1.165, 1.54) is 27.7 Å². The number of hydrogen-bond acceptors (Lipinski definition) is 4. The molecule has 0 fully saturated rings. The Kier molecular flexibility index (Phi) is 5.44. The van der Waals surface area contributed by atoms with Gasteiger partial charge >= 0.3 is 0 Å². The average Bonchev–Trinajstić information content (AvgIpc) is 3.28. The molecule has 2 aromatic carbocycles. The molecular formula is C23H28N2O3. The number of hydrogen-bond donors (Lipinski definition) is 2. The molecule has 5 nitrogen and oxygen atoms in total. The number of nitrogens with one attached hydrogen (secondary N) is 2. The van der Waals surface area contributed by atoms with Crippen molar-refractivity contribution in [2.24, 2.45) is 5.92 Å². The molecular weight excluding hydrogens is 352 g/mol. The Labute approximate surface area is 166 Å². The van der Waals surface area contributed by atoms with E-state index in [9.17, 15) is 0 Å². The van der Waals surface area contributed by atoms with Crippen LogP contribution in [0, 0.1) is 12.8 Å². The average molecular weight is 380 g/mol. The zero-order valence-electron chi connectivity index (χ0n) is 16.8. The first-order valence-corrected chi connectivity index (χ1v) is 9.88. The molecule has 0 saturated heterocycles. The maximum atomic E-state index is 5.47. The third kappa shape index (κ3) is 3.94. The predicted octanol–water partition coefficient (Wildman–Crippen LogP) is 4.22. The van der Waals surface area contributed by atoms with Gasteiger partial charge < -0.3 is 24.5 Å². The van der Waals surface area contributed by atoms with Gasteiger partial charge in [0.1, 0.15) is 5.75 Å². The molecule has 1 aliphatic rings. The maximum absolute atomic E-state index is 5.47. The number of aromatic amines is 1. The van der Waals surface area contributed by atoms with Crippen LogP contribution in [0.3, 0.4) is 0 Å². The van der Waals surface area contributed by atoms with Crippen molar-refractivity contribution >= 4 is 10.9 Å². The number of aryl methyl sites for hydroxylation is 1. The minimum Gasteiger partial charge on any atom is -0.497 e. The van der Waals surface area contributed by atoms with Crippen LogP contribution in [0.25, 0.3) is 10.9 Å². The molecule has 0 bridgehead atoms. The highest BCUT2D eigenvalue weighted by molar-refractivity contribution is 5.86. The smallest absolute Gasteiger partial charge is 0.231 e. The van der Waals surface area contributed by atoms with Crippen LogP contribution in [-0.4, -0.2) is 32.0 Å². The molecule has 0 amide bonds. The normalized spacial score (nSPS) is 13.8. The summed E-state index contributed by atoms with van der Waals surface area (Å²) in [4.78, 5) is 3.48. The Balaban J connectivity index is 1.30. The Morgan fingerprint density at radius 2 is 2.00 bits per heavy atom. The summed E-state index contributed by atoms with van der Waals surface area (Å²) in [7, 11) is 1.71. The highest BCUT2D eigenvalue weighted by atomic mass is 16.7. The van der Waals surface area contributed by atoms with Crippen LogP contribution < -0.4 is 19.5 Å². The van der Waals surface area contributed by atoms with Crippen molar-refractivity contribution < 1.29 is 14.2 Å². The van der Waals surface area contributed by atoms with Gasteiger partial charge in [-0.05, 0) is 80.2 Å². The maximum Gasteiger partial charge on any atom is 0.231 e. The van der Waals surface area contributed by atoms with Gasteiger partial charge in [0.25, 0.3) is 0 Å². The SMILES string of the molecule is COc1ccc2[nH]c(C)c(CCNC[C@@H](C)Cc3ccc4c(c3)OCO4)c2c1. The topological polar surface area (TPSA) is 55.5 Å².